The fourth-order valence-corrected chi connectivity index (χ4v) is 2.23. The predicted octanol–water partition coefficient (Wildman–Crippen LogP) is -1.92. The zero-order valence-electron chi connectivity index (χ0n) is 17.2. The van der Waals surface area contributed by atoms with Crippen molar-refractivity contribution in [2.24, 2.45) is 16.5 Å². The highest BCUT2D eigenvalue weighted by Crippen LogP contribution is 2.01. The van der Waals surface area contributed by atoms with Crippen LogP contribution in [0.2, 0.25) is 0 Å². The van der Waals surface area contributed by atoms with Gasteiger partial charge in [-0.1, -0.05) is 0 Å². The van der Waals surface area contributed by atoms with Gasteiger partial charge in [0.05, 0.1) is 0 Å². The molecule has 0 spiro atoms. The van der Waals surface area contributed by atoms with Gasteiger partial charge in [0.1, 0.15) is 18.1 Å². The third-order valence-corrected chi connectivity index (χ3v) is 3.57. The number of carbonyl (C=O) groups is 4. The Balaban J connectivity index is 5.01. The van der Waals surface area contributed by atoms with Gasteiger partial charge in [-0.15, -0.1) is 0 Å². The summed E-state index contributed by atoms with van der Waals surface area (Å²) in [5.41, 5.74) is 10.5. The van der Waals surface area contributed by atoms with Crippen molar-refractivity contribution in [3.05, 3.63) is 0 Å². The smallest absolute Gasteiger partial charge is 0.243 e. The number of nitrogens with two attached hydrogens (primary N) is 2. The van der Waals surface area contributed by atoms with E-state index < -0.39 is 29.9 Å². The lowest BCUT2D eigenvalue weighted by molar-refractivity contribution is -0.133. The Morgan fingerprint density at radius 1 is 0.821 bits per heavy atom. The lowest BCUT2D eigenvalue weighted by atomic mass is 10.1. The molecule has 0 aromatic rings. The van der Waals surface area contributed by atoms with E-state index in [1.807, 2.05) is 13.8 Å². The molecule has 0 aliphatic rings. The molecule has 0 aromatic heterocycles. The minimum absolute atomic E-state index is 0.0664. The first-order valence-corrected chi connectivity index (χ1v) is 9.17. The summed E-state index contributed by atoms with van der Waals surface area (Å²) in [5.74, 6) is -1.80. The van der Waals surface area contributed by atoms with Gasteiger partial charge < -0.3 is 32.7 Å². The maximum absolute atomic E-state index is 12.6. The second-order valence-corrected chi connectivity index (χ2v) is 6.83. The first-order chi connectivity index (χ1) is 12.9. The van der Waals surface area contributed by atoms with Crippen LogP contribution in [0.3, 0.4) is 0 Å². The highest BCUT2D eigenvalue weighted by molar-refractivity contribution is 5.93. The molecule has 160 valence electrons. The fourth-order valence-electron chi connectivity index (χ4n) is 2.23. The topological polar surface area (TPSA) is 181 Å². The van der Waals surface area contributed by atoms with Crippen LogP contribution < -0.4 is 32.7 Å². The summed E-state index contributed by atoms with van der Waals surface area (Å²) < 4.78 is 0. The van der Waals surface area contributed by atoms with Gasteiger partial charge in [0.15, 0.2) is 5.96 Å². The molecule has 0 fully saturated rings. The molecule has 3 atom stereocenters. The van der Waals surface area contributed by atoms with Crippen LogP contribution in [-0.2, 0) is 19.2 Å². The predicted molar refractivity (Wildman–Crippen MR) is 106 cm³/mol. The van der Waals surface area contributed by atoms with Gasteiger partial charge in [0.25, 0.3) is 0 Å². The third-order valence-electron chi connectivity index (χ3n) is 3.57. The Morgan fingerprint density at radius 2 is 1.36 bits per heavy atom. The second-order valence-electron chi connectivity index (χ2n) is 6.83. The molecule has 8 N–H and O–H groups in total. The van der Waals surface area contributed by atoms with E-state index in [9.17, 15) is 19.2 Å². The lowest BCUT2D eigenvalue weighted by Crippen LogP contribution is -2.55. The molecule has 0 radical (unpaired) electrons. The van der Waals surface area contributed by atoms with E-state index in [2.05, 4.69) is 26.3 Å². The molecule has 11 nitrogen and oxygen atoms in total. The van der Waals surface area contributed by atoms with Crippen LogP contribution in [0, 0.1) is 0 Å². The fraction of sp³-hybridized carbons (Fsp3) is 0.706. The summed E-state index contributed by atoms with van der Waals surface area (Å²) in [6, 6.07) is -2.57. The number of amides is 4. The van der Waals surface area contributed by atoms with E-state index in [1.54, 1.807) is 6.92 Å². The number of nitrogens with one attached hydrogen (secondary N) is 4. The normalized spacial score (nSPS) is 13.6. The van der Waals surface area contributed by atoms with Gasteiger partial charge >= 0.3 is 0 Å². The molecule has 3 unspecified atom stereocenters. The Hall–Kier alpha value is -2.85. The minimum Gasteiger partial charge on any atom is -0.370 e. The van der Waals surface area contributed by atoms with E-state index in [4.69, 9.17) is 11.5 Å². The van der Waals surface area contributed by atoms with Crippen molar-refractivity contribution in [2.75, 3.05) is 6.54 Å². The van der Waals surface area contributed by atoms with E-state index in [0.717, 1.165) is 0 Å². The molecular weight excluding hydrogens is 366 g/mol. The third kappa shape index (κ3) is 11.0. The maximum atomic E-state index is 12.6. The van der Waals surface area contributed by atoms with Crippen molar-refractivity contribution < 1.29 is 19.2 Å². The zero-order valence-corrected chi connectivity index (χ0v) is 17.2. The molecule has 0 aromatic carbocycles. The summed E-state index contributed by atoms with van der Waals surface area (Å²) >= 11 is 0. The lowest BCUT2D eigenvalue weighted by Gasteiger charge is -2.23. The number of aliphatic imine (C=N–C) groups is 1. The van der Waals surface area contributed by atoms with Crippen molar-refractivity contribution in [2.45, 2.75) is 71.6 Å². The van der Waals surface area contributed by atoms with Crippen molar-refractivity contribution in [3.8, 4) is 0 Å². The number of nitrogens with zero attached hydrogens (tertiary/aromatic N) is 1. The summed E-state index contributed by atoms with van der Waals surface area (Å²) in [7, 11) is 0. The number of guanidine groups is 1. The van der Waals surface area contributed by atoms with Gasteiger partial charge in [-0.05, 0) is 40.5 Å². The largest absolute Gasteiger partial charge is 0.370 e. The van der Waals surface area contributed by atoms with Crippen molar-refractivity contribution in [1.82, 2.24) is 21.3 Å². The Kier molecular flexibility index (Phi) is 11.2. The first kappa shape index (κ1) is 25.1. The Bertz CT molecular complexity index is 588. The maximum Gasteiger partial charge on any atom is 0.243 e. The molecule has 0 aliphatic carbocycles. The molecule has 0 bridgehead atoms. The van der Waals surface area contributed by atoms with Crippen molar-refractivity contribution >= 4 is 29.6 Å². The van der Waals surface area contributed by atoms with Crippen LogP contribution in [0.15, 0.2) is 4.99 Å². The van der Waals surface area contributed by atoms with Crippen LogP contribution in [0.5, 0.6) is 0 Å². The van der Waals surface area contributed by atoms with E-state index in [1.165, 1.54) is 13.8 Å². The van der Waals surface area contributed by atoms with Crippen molar-refractivity contribution in [1.29, 1.82) is 0 Å². The number of rotatable bonds is 11. The minimum atomic E-state index is -0.910. The molecule has 0 aliphatic heterocycles. The SMILES string of the molecule is CC(=O)NC(C)C(=O)NC(CCCN=C(N)N)C(=O)NC(C)C(=O)NC(C)C. The van der Waals surface area contributed by atoms with Gasteiger partial charge in [0.2, 0.25) is 23.6 Å². The van der Waals surface area contributed by atoms with Gasteiger partial charge in [-0.25, -0.2) is 0 Å². The standard InChI is InChI=1S/C17H33N7O4/c1-9(2)21-14(26)11(4)23-16(28)13(7-6-8-20-17(18)19)24-15(27)10(3)22-12(5)25/h9-11,13H,6-8H2,1-5H3,(H,21,26)(H,22,25)(H,23,28)(H,24,27)(H4,18,19,20). The van der Waals surface area contributed by atoms with E-state index in [-0.39, 0.29) is 36.8 Å². The Morgan fingerprint density at radius 3 is 1.86 bits per heavy atom. The van der Waals surface area contributed by atoms with E-state index >= 15 is 0 Å². The quantitative estimate of drug-likeness (QED) is 0.134. The van der Waals surface area contributed by atoms with Gasteiger partial charge in [0, 0.05) is 19.5 Å². The first-order valence-electron chi connectivity index (χ1n) is 9.17. The zero-order chi connectivity index (χ0) is 21.9. The molecule has 0 saturated carbocycles. The highest BCUT2D eigenvalue weighted by Gasteiger charge is 2.26. The molecule has 0 rings (SSSR count). The van der Waals surface area contributed by atoms with Crippen LogP contribution in [-0.4, -0.2) is 60.3 Å². The summed E-state index contributed by atoms with van der Waals surface area (Å²) in [5, 5.41) is 10.3. The van der Waals surface area contributed by atoms with Crippen LogP contribution >= 0.6 is 0 Å². The summed E-state index contributed by atoms with van der Waals surface area (Å²) in [6.07, 6.45) is 0.678. The van der Waals surface area contributed by atoms with Gasteiger partial charge in [-0.3, -0.25) is 24.2 Å². The summed E-state index contributed by atoms with van der Waals surface area (Å²) in [6.45, 7) is 8.24. The van der Waals surface area contributed by atoms with Crippen LogP contribution in [0.25, 0.3) is 0 Å². The van der Waals surface area contributed by atoms with Gasteiger partial charge in [-0.2, -0.15) is 0 Å². The van der Waals surface area contributed by atoms with E-state index in [0.29, 0.717) is 6.42 Å². The number of hydrogen-bond donors (Lipinski definition) is 6. The average molecular weight is 399 g/mol. The monoisotopic (exact) mass is 399 g/mol. The van der Waals surface area contributed by atoms with Crippen LogP contribution in [0.4, 0.5) is 0 Å². The second kappa shape index (κ2) is 12.5. The summed E-state index contributed by atoms with van der Waals surface area (Å²) in [4.78, 5) is 51.8. The highest BCUT2D eigenvalue weighted by atomic mass is 16.2. The molecule has 0 heterocycles. The Labute approximate surface area is 165 Å². The average Bonchev–Trinajstić information content (AvgIpc) is 2.55. The molecular formula is C17H33N7O4. The molecule has 11 heteroatoms. The van der Waals surface area contributed by atoms with Crippen molar-refractivity contribution in [3.63, 3.8) is 0 Å². The number of carbonyl (C=O) groups excluding carboxylic acids is 4. The molecule has 4 amide bonds. The van der Waals surface area contributed by atoms with Crippen LogP contribution in [0.1, 0.15) is 47.5 Å². The molecule has 28 heavy (non-hydrogen) atoms. The molecule has 0 saturated heterocycles. The number of hydrogen-bond acceptors (Lipinski definition) is 5.